The number of rotatable bonds is 4. The van der Waals surface area contributed by atoms with Crippen molar-refractivity contribution in [3.05, 3.63) is 42.5 Å². The zero-order valence-corrected chi connectivity index (χ0v) is 11.4. The number of pyridine rings is 1. The Labute approximate surface area is 118 Å². The molecule has 3 heterocycles. The molecule has 2 aromatic rings. The van der Waals surface area contributed by atoms with Crippen molar-refractivity contribution < 1.29 is 0 Å². The highest BCUT2D eigenvalue weighted by molar-refractivity contribution is 5.49. The minimum Gasteiger partial charge on any atom is -0.324 e. The number of anilines is 2. The molecule has 0 radical (unpaired) electrons. The molecule has 0 aliphatic carbocycles. The Kier molecular flexibility index (Phi) is 4.18. The summed E-state index contributed by atoms with van der Waals surface area (Å²) in [5.74, 6) is 2.20. The van der Waals surface area contributed by atoms with Gasteiger partial charge in [-0.2, -0.15) is 0 Å². The van der Waals surface area contributed by atoms with E-state index in [9.17, 15) is 0 Å². The van der Waals surface area contributed by atoms with Gasteiger partial charge >= 0.3 is 0 Å². The monoisotopic (exact) mass is 269 g/mol. The molecule has 0 saturated carbocycles. The van der Waals surface area contributed by atoms with Crippen molar-refractivity contribution in [1.29, 1.82) is 0 Å². The van der Waals surface area contributed by atoms with E-state index in [1.807, 2.05) is 24.4 Å². The van der Waals surface area contributed by atoms with Crippen LogP contribution in [-0.4, -0.2) is 28.0 Å². The summed E-state index contributed by atoms with van der Waals surface area (Å²) in [5, 5.41) is 6.57. The summed E-state index contributed by atoms with van der Waals surface area (Å²) in [6, 6.07) is 5.73. The Bertz CT molecular complexity index is 520. The maximum absolute atomic E-state index is 4.49. The van der Waals surface area contributed by atoms with E-state index >= 15 is 0 Å². The molecule has 5 heteroatoms. The molecule has 1 unspecified atom stereocenters. The summed E-state index contributed by atoms with van der Waals surface area (Å²) in [5.41, 5.74) is 1.06. The number of aromatic nitrogens is 3. The molecule has 1 atom stereocenters. The SMILES string of the molecule is c1ccc(Nc2cnc(CC3CCCNC3)cn2)nc1. The molecule has 2 N–H and O–H groups in total. The fourth-order valence-corrected chi connectivity index (χ4v) is 2.49. The molecule has 5 nitrogen and oxygen atoms in total. The second kappa shape index (κ2) is 6.43. The van der Waals surface area contributed by atoms with Crippen LogP contribution in [0.2, 0.25) is 0 Å². The molecule has 0 spiro atoms. The van der Waals surface area contributed by atoms with Crippen molar-refractivity contribution in [2.75, 3.05) is 18.4 Å². The van der Waals surface area contributed by atoms with E-state index in [-0.39, 0.29) is 0 Å². The predicted molar refractivity (Wildman–Crippen MR) is 78.8 cm³/mol. The van der Waals surface area contributed by atoms with E-state index in [0.29, 0.717) is 5.92 Å². The molecule has 0 aromatic carbocycles. The average molecular weight is 269 g/mol. The van der Waals surface area contributed by atoms with Crippen molar-refractivity contribution in [2.24, 2.45) is 5.92 Å². The van der Waals surface area contributed by atoms with E-state index < -0.39 is 0 Å². The average Bonchev–Trinajstić information content (AvgIpc) is 2.51. The molecule has 1 fully saturated rings. The van der Waals surface area contributed by atoms with Gasteiger partial charge in [-0.1, -0.05) is 6.07 Å². The van der Waals surface area contributed by atoms with Gasteiger partial charge in [0, 0.05) is 6.20 Å². The van der Waals surface area contributed by atoms with Crippen LogP contribution in [0.15, 0.2) is 36.8 Å². The number of hydrogen-bond donors (Lipinski definition) is 2. The Morgan fingerprint density at radius 3 is 2.85 bits per heavy atom. The quantitative estimate of drug-likeness (QED) is 0.890. The fourth-order valence-electron chi connectivity index (χ4n) is 2.49. The van der Waals surface area contributed by atoms with Gasteiger partial charge in [0.05, 0.1) is 18.1 Å². The summed E-state index contributed by atoms with van der Waals surface area (Å²) in [4.78, 5) is 13.1. The molecule has 1 aliphatic heterocycles. The van der Waals surface area contributed by atoms with Gasteiger partial charge in [-0.15, -0.1) is 0 Å². The first-order chi connectivity index (χ1) is 9.90. The first-order valence-corrected chi connectivity index (χ1v) is 7.10. The lowest BCUT2D eigenvalue weighted by Gasteiger charge is -2.22. The van der Waals surface area contributed by atoms with Crippen LogP contribution in [0.1, 0.15) is 18.5 Å². The van der Waals surface area contributed by atoms with Crippen LogP contribution in [-0.2, 0) is 6.42 Å². The van der Waals surface area contributed by atoms with Gasteiger partial charge in [-0.05, 0) is 50.4 Å². The largest absolute Gasteiger partial charge is 0.324 e. The van der Waals surface area contributed by atoms with Crippen molar-refractivity contribution in [3.8, 4) is 0 Å². The van der Waals surface area contributed by atoms with Crippen molar-refractivity contribution >= 4 is 11.6 Å². The third-order valence-corrected chi connectivity index (χ3v) is 3.52. The first kappa shape index (κ1) is 13.0. The second-order valence-electron chi connectivity index (χ2n) is 5.15. The van der Waals surface area contributed by atoms with E-state index in [2.05, 4.69) is 25.6 Å². The molecule has 2 aromatic heterocycles. The molecule has 0 bridgehead atoms. The second-order valence-corrected chi connectivity index (χ2v) is 5.15. The molecule has 1 aliphatic rings. The summed E-state index contributed by atoms with van der Waals surface area (Å²) in [6.07, 6.45) is 8.93. The molecular formula is C15H19N5. The van der Waals surface area contributed by atoms with Gasteiger partial charge < -0.3 is 10.6 Å². The minimum atomic E-state index is 0.688. The van der Waals surface area contributed by atoms with Gasteiger partial charge in [-0.3, -0.25) is 4.98 Å². The van der Waals surface area contributed by atoms with E-state index in [0.717, 1.165) is 36.8 Å². The van der Waals surface area contributed by atoms with Crippen LogP contribution in [0.3, 0.4) is 0 Å². The van der Waals surface area contributed by atoms with Gasteiger partial charge in [0.2, 0.25) is 0 Å². The third-order valence-electron chi connectivity index (χ3n) is 3.52. The maximum atomic E-state index is 4.49. The Balaban J connectivity index is 1.59. The van der Waals surface area contributed by atoms with Crippen LogP contribution in [0.4, 0.5) is 11.6 Å². The highest BCUT2D eigenvalue weighted by Gasteiger charge is 2.14. The third kappa shape index (κ3) is 3.51. The molecule has 104 valence electrons. The lowest BCUT2D eigenvalue weighted by Crippen LogP contribution is -2.31. The van der Waals surface area contributed by atoms with Gasteiger partial charge in [-0.25, -0.2) is 9.97 Å². The Morgan fingerprint density at radius 1 is 1.15 bits per heavy atom. The van der Waals surface area contributed by atoms with E-state index in [1.54, 1.807) is 12.4 Å². The molecular weight excluding hydrogens is 250 g/mol. The molecule has 3 rings (SSSR count). The summed E-state index contributed by atoms with van der Waals surface area (Å²) in [6.45, 7) is 2.24. The zero-order valence-electron chi connectivity index (χ0n) is 11.4. The van der Waals surface area contributed by atoms with E-state index in [1.165, 1.54) is 12.8 Å². The smallest absolute Gasteiger partial charge is 0.150 e. The van der Waals surface area contributed by atoms with Gasteiger partial charge in [0.25, 0.3) is 0 Å². The van der Waals surface area contributed by atoms with Crippen LogP contribution < -0.4 is 10.6 Å². The maximum Gasteiger partial charge on any atom is 0.150 e. The number of hydrogen-bond acceptors (Lipinski definition) is 5. The fraction of sp³-hybridized carbons (Fsp3) is 0.400. The lowest BCUT2D eigenvalue weighted by molar-refractivity contribution is 0.373. The highest BCUT2D eigenvalue weighted by atomic mass is 15.1. The highest BCUT2D eigenvalue weighted by Crippen LogP contribution is 2.16. The van der Waals surface area contributed by atoms with Crippen LogP contribution in [0.5, 0.6) is 0 Å². The van der Waals surface area contributed by atoms with Crippen molar-refractivity contribution in [3.63, 3.8) is 0 Å². The number of nitrogens with zero attached hydrogens (tertiary/aromatic N) is 3. The molecule has 1 saturated heterocycles. The Morgan fingerprint density at radius 2 is 2.15 bits per heavy atom. The minimum absolute atomic E-state index is 0.688. The van der Waals surface area contributed by atoms with Crippen LogP contribution in [0, 0.1) is 5.92 Å². The predicted octanol–water partition coefficient (Wildman–Crippen LogP) is 2.16. The Hall–Kier alpha value is -2.01. The number of nitrogens with one attached hydrogen (secondary N) is 2. The lowest BCUT2D eigenvalue weighted by atomic mass is 9.95. The first-order valence-electron chi connectivity index (χ1n) is 7.10. The van der Waals surface area contributed by atoms with Crippen molar-refractivity contribution in [2.45, 2.75) is 19.3 Å². The molecule has 20 heavy (non-hydrogen) atoms. The van der Waals surface area contributed by atoms with E-state index in [4.69, 9.17) is 0 Å². The molecule has 0 amide bonds. The summed E-state index contributed by atoms with van der Waals surface area (Å²) < 4.78 is 0. The van der Waals surface area contributed by atoms with Crippen LogP contribution >= 0.6 is 0 Å². The normalized spacial score (nSPS) is 18.7. The van der Waals surface area contributed by atoms with Gasteiger partial charge in [0.1, 0.15) is 11.6 Å². The standard InChI is InChI=1S/C15H19N5/c1-2-7-17-14(5-1)20-15-11-18-13(10-19-15)8-12-4-3-6-16-9-12/h1-2,5,7,10-12,16H,3-4,6,8-9H2,(H,17,19,20). The van der Waals surface area contributed by atoms with Crippen LogP contribution in [0.25, 0.3) is 0 Å². The van der Waals surface area contributed by atoms with Crippen molar-refractivity contribution in [1.82, 2.24) is 20.3 Å². The summed E-state index contributed by atoms with van der Waals surface area (Å²) in [7, 11) is 0. The van der Waals surface area contributed by atoms with Gasteiger partial charge in [0.15, 0.2) is 0 Å². The summed E-state index contributed by atoms with van der Waals surface area (Å²) >= 11 is 0. The zero-order chi connectivity index (χ0) is 13.6. The topological polar surface area (TPSA) is 62.7 Å². The number of piperidine rings is 1.